The molecule has 0 aliphatic carbocycles. The number of tetrazole rings is 1. The number of rotatable bonds is 14. The Hall–Kier alpha value is -4.51. The number of hydrogen-bond donors (Lipinski definition) is 0. The van der Waals surface area contributed by atoms with Crippen LogP contribution in [0.25, 0.3) is 11.4 Å². The second kappa shape index (κ2) is 16.0. The Morgan fingerprint density at radius 1 is 0.740 bits per heavy atom. The van der Waals surface area contributed by atoms with Crippen molar-refractivity contribution in [2.75, 3.05) is 21.3 Å². The zero-order valence-electron chi connectivity index (χ0n) is 27.4. The van der Waals surface area contributed by atoms with Crippen molar-refractivity contribution in [3.8, 4) is 28.6 Å². The fourth-order valence-electron chi connectivity index (χ4n) is 5.13. The van der Waals surface area contributed by atoms with E-state index in [1.54, 1.807) is 33.6 Å². The molecule has 6 rings (SSSR count). The summed E-state index contributed by atoms with van der Waals surface area (Å²) >= 11 is 3.40. The van der Waals surface area contributed by atoms with E-state index in [4.69, 9.17) is 14.2 Å². The predicted octanol–water partition coefficient (Wildman–Crippen LogP) is 6.96. The maximum absolute atomic E-state index is 15.2. The molecular formula is C36H33IN6O5S2. The summed E-state index contributed by atoms with van der Waals surface area (Å²) in [5, 5.41) is 14.0. The number of aromatic nitrogens is 5. The van der Waals surface area contributed by atoms with E-state index in [1.165, 1.54) is 20.9 Å². The van der Waals surface area contributed by atoms with Gasteiger partial charge in [-0.15, -0.1) is 10.2 Å². The SMILES string of the molecule is COc1ccc(CN(Cc2ccc(OC)cc2)S(=O)(=O)c2c(Sc3ccccn3)ccc(I)c2-c2nnn(Cc3ccc(OC)cc3)n2)cc1. The zero-order chi connectivity index (χ0) is 35.1. The fourth-order valence-corrected chi connectivity index (χ4v) is 8.94. The monoisotopic (exact) mass is 820 g/mol. The lowest BCUT2D eigenvalue weighted by Crippen LogP contribution is -2.31. The molecule has 256 valence electrons. The van der Waals surface area contributed by atoms with Gasteiger partial charge in [-0.3, -0.25) is 0 Å². The summed E-state index contributed by atoms with van der Waals surface area (Å²) in [7, 11) is 0.549. The van der Waals surface area contributed by atoms with Gasteiger partial charge in [0, 0.05) is 27.8 Å². The van der Waals surface area contributed by atoms with Crippen molar-refractivity contribution >= 4 is 44.4 Å². The minimum atomic E-state index is -4.25. The Morgan fingerprint density at radius 2 is 1.30 bits per heavy atom. The molecule has 50 heavy (non-hydrogen) atoms. The third-order valence-electron chi connectivity index (χ3n) is 7.72. The smallest absolute Gasteiger partial charge is 0.245 e. The molecule has 4 aromatic carbocycles. The molecule has 0 radical (unpaired) electrons. The van der Waals surface area contributed by atoms with Crippen molar-refractivity contribution in [2.24, 2.45) is 0 Å². The van der Waals surface area contributed by atoms with Crippen molar-refractivity contribution in [2.45, 2.75) is 34.5 Å². The van der Waals surface area contributed by atoms with Gasteiger partial charge in [-0.05, 0) is 105 Å². The minimum Gasteiger partial charge on any atom is -0.497 e. The van der Waals surface area contributed by atoms with Gasteiger partial charge in [-0.1, -0.05) is 54.2 Å². The number of methoxy groups -OCH3 is 3. The third-order valence-corrected chi connectivity index (χ3v) is 11.6. The van der Waals surface area contributed by atoms with E-state index >= 15 is 8.42 Å². The molecule has 0 N–H and O–H groups in total. The zero-order valence-corrected chi connectivity index (χ0v) is 31.2. The predicted molar refractivity (Wildman–Crippen MR) is 199 cm³/mol. The summed E-state index contributed by atoms with van der Waals surface area (Å²) in [4.78, 5) is 6.48. The average Bonchev–Trinajstić information content (AvgIpc) is 3.61. The van der Waals surface area contributed by atoms with E-state index in [-0.39, 0.29) is 23.8 Å². The Labute approximate surface area is 308 Å². The van der Waals surface area contributed by atoms with E-state index in [9.17, 15) is 0 Å². The Kier molecular flexibility index (Phi) is 11.3. The van der Waals surface area contributed by atoms with Crippen molar-refractivity contribution in [1.29, 1.82) is 0 Å². The molecule has 0 saturated heterocycles. The topological polar surface area (TPSA) is 122 Å². The van der Waals surface area contributed by atoms with E-state index in [1.807, 2.05) is 97.1 Å². The quantitative estimate of drug-likeness (QED) is 0.107. The summed E-state index contributed by atoms with van der Waals surface area (Å²) in [6.45, 7) is 0.516. The summed E-state index contributed by atoms with van der Waals surface area (Å²) in [5.41, 5.74) is 2.87. The lowest BCUT2D eigenvalue weighted by Gasteiger charge is -2.25. The molecule has 11 nitrogen and oxygen atoms in total. The first-order valence-electron chi connectivity index (χ1n) is 15.4. The highest BCUT2D eigenvalue weighted by molar-refractivity contribution is 14.1. The molecule has 0 amide bonds. The van der Waals surface area contributed by atoms with Gasteiger partial charge in [-0.2, -0.15) is 9.10 Å². The van der Waals surface area contributed by atoms with Crippen LogP contribution in [0.1, 0.15) is 16.7 Å². The van der Waals surface area contributed by atoms with Crippen LogP contribution in [0, 0.1) is 3.57 Å². The second-order valence-electron chi connectivity index (χ2n) is 11.0. The minimum absolute atomic E-state index is 0.0751. The first kappa shape index (κ1) is 35.3. The van der Waals surface area contributed by atoms with Gasteiger partial charge in [0.25, 0.3) is 0 Å². The van der Waals surface area contributed by atoms with Crippen molar-refractivity contribution in [3.63, 3.8) is 0 Å². The molecule has 0 atom stereocenters. The van der Waals surface area contributed by atoms with Gasteiger partial charge in [0.1, 0.15) is 27.2 Å². The highest BCUT2D eigenvalue weighted by atomic mass is 127. The lowest BCUT2D eigenvalue weighted by atomic mass is 10.2. The number of nitrogens with zero attached hydrogens (tertiary/aromatic N) is 6. The molecule has 2 heterocycles. The first-order chi connectivity index (χ1) is 24.3. The number of pyridine rings is 1. The van der Waals surface area contributed by atoms with Gasteiger partial charge < -0.3 is 14.2 Å². The van der Waals surface area contributed by atoms with Gasteiger partial charge in [0.05, 0.1) is 33.4 Å². The first-order valence-corrected chi connectivity index (χ1v) is 18.7. The van der Waals surface area contributed by atoms with Crippen LogP contribution in [0.5, 0.6) is 17.2 Å². The number of sulfonamides is 1. The molecular weight excluding hydrogens is 787 g/mol. The Balaban J connectivity index is 1.47. The maximum Gasteiger partial charge on any atom is 0.245 e. The van der Waals surface area contributed by atoms with Crippen molar-refractivity contribution < 1.29 is 22.6 Å². The average molecular weight is 821 g/mol. The van der Waals surface area contributed by atoms with Crippen LogP contribution >= 0.6 is 34.4 Å². The molecule has 0 aliphatic heterocycles. The van der Waals surface area contributed by atoms with Crippen LogP contribution in [0.15, 0.2) is 124 Å². The van der Waals surface area contributed by atoms with Gasteiger partial charge in [0.15, 0.2) is 0 Å². The van der Waals surface area contributed by atoms with Crippen LogP contribution in [0.4, 0.5) is 0 Å². The second-order valence-corrected chi connectivity index (χ2v) is 15.1. The highest BCUT2D eigenvalue weighted by Gasteiger charge is 2.34. The molecule has 6 aromatic rings. The van der Waals surface area contributed by atoms with E-state index in [0.717, 1.165) is 22.4 Å². The molecule has 2 aromatic heterocycles. The van der Waals surface area contributed by atoms with Crippen LogP contribution < -0.4 is 14.2 Å². The summed E-state index contributed by atoms with van der Waals surface area (Å²) in [6, 6.07) is 31.5. The molecule has 0 saturated carbocycles. The lowest BCUT2D eigenvalue weighted by molar-refractivity contribution is 0.397. The molecule has 0 aliphatic rings. The number of benzene rings is 4. The number of ether oxygens (including phenoxy) is 3. The van der Waals surface area contributed by atoms with E-state index in [0.29, 0.717) is 37.1 Å². The Morgan fingerprint density at radius 3 is 1.82 bits per heavy atom. The highest BCUT2D eigenvalue weighted by Crippen LogP contribution is 2.41. The molecule has 0 bridgehead atoms. The van der Waals surface area contributed by atoms with Crippen LogP contribution in [0.2, 0.25) is 0 Å². The van der Waals surface area contributed by atoms with Gasteiger partial charge in [-0.25, -0.2) is 13.4 Å². The largest absolute Gasteiger partial charge is 0.497 e. The Bertz CT molecular complexity index is 2100. The molecule has 0 fully saturated rings. The van der Waals surface area contributed by atoms with Crippen LogP contribution in [0.3, 0.4) is 0 Å². The van der Waals surface area contributed by atoms with E-state index in [2.05, 4.69) is 43.0 Å². The van der Waals surface area contributed by atoms with Crippen molar-refractivity contribution in [1.82, 2.24) is 29.5 Å². The number of halogens is 1. The van der Waals surface area contributed by atoms with Crippen LogP contribution in [-0.2, 0) is 29.7 Å². The standard InChI is InChI=1S/C36H33IN6O5S2/c1-46-28-13-7-25(8-14-28)22-42(23-26-9-15-29(47-2)16-10-26)50(44,45)35-32(49-33-6-4-5-21-38-33)20-19-31(37)34(35)36-39-41-43(40-36)24-27-11-17-30(48-3)18-12-27/h4-21H,22-24H2,1-3H3. The normalized spacial score (nSPS) is 11.5. The van der Waals surface area contributed by atoms with Gasteiger partial charge in [0.2, 0.25) is 15.8 Å². The van der Waals surface area contributed by atoms with E-state index < -0.39 is 10.0 Å². The fraction of sp³-hybridized carbons (Fsp3) is 0.167. The number of hydrogen-bond acceptors (Lipinski definition) is 10. The summed E-state index contributed by atoms with van der Waals surface area (Å²) in [5.74, 6) is 2.28. The summed E-state index contributed by atoms with van der Waals surface area (Å²) in [6.07, 6.45) is 1.68. The van der Waals surface area contributed by atoms with Crippen molar-refractivity contribution in [3.05, 3.63) is 130 Å². The molecule has 0 unspecified atom stereocenters. The maximum atomic E-state index is 15.2. The summed E-state index contributed by atoms with van der Waals surface area (Å²) < 4.78 is 48.6. The third kappa shape index (κ3) is 8.26. The molecule has 14 heteroatoms. The van der Waals surface area contributed by atoms with Gasteiger partial charge >= 0.3 is 0 Å². The molecule has 0 spiro atoms. The van der Waals surface area contributed by atoms with Crippen LogP contribution in [-0.4, -0.2) is 59.2 Å².